The minimum absolute atomic E-state index is 0. The number of aryl methyl sites for hydroxylation is 2. The van der Waals surface area contributed by atoms with Gasteiger partial charge in [0.2, 0.25) is 0 Å². The highest BCUT2D eigenvalue weighted by Gasteiger charge is 1.93. The molecule has 1 aromatic rings. The molecule has 0 aliphatic rings. The van der Waals surface area contributed by atoms with E-state index in [0.717, 1.165) is 6.42 Å². The van der Waals surface area contributed by atoms with Crippen LogP contribution in [0.15, 0.2) is 22.7 Å². The lowest BCUT2D eigenvalue weighted by atomic mass is 10.1. The molecule has 0 radical (unpaired) electrons. The summed E-state index contributed by atoms with van der Waals surface area (Å²) in [6, 6.07) is 6.47. The topological polar surface area (TPSA) is 0 Å². The fourth-order valence-corrected chi connectivity index (χ4v) is 1.17. The van der Waals surface area contributed by atoms with Crippen LogP contribution in [0.25, 0.3) is 0 Å². The minimum Gasteiger partial charge on any atom is -0.0776 e. The van der Waals surface area contributed by atoms with Crippen LogP contribution in [0.5, 0.6) is 0 Å². The molecule has 0 aliphatic heterocycles. The molecule has 1 rings (SSSR count). The van der Waals surface area contributed by atoms with E-state index in [0.29, 0.717) is 0 Å². The van der Waals surface area contributed by atoms with Crippen LogP contribution in [0.1, 0.15) is 25.5 Å². The molecule has 0 unspecified atom stereocenters. The quantitative estimate of drug-likeness (QED) is 0.665. The molecule has 0 nitrogen and oxygen atoms in total. The van der Waals surface area contributed by atoms with Gasteiger partial charge in [-0.1, -0.05) is 42.4 Å². The van der Waals surface area contributed by atoms with E-state index in [9.17, 15) is 0 Å². The Hall–Kier alpha value is -0.300. The Kier molecular flexibility index (Phi) is 4.43. The van der Waals surface area contributed by atoms with Crippen LogP contribution < -0.4 is 0 Å². The van der Waals surface area contributed by atoms with E-state index in [-0.39, 0.29) is 7.43 Å². The molecule has 0 aromatic heterocycles. The largest absolute Gasteiger partial charge is 0.0776 e. The molecule has 0 saturated heterocycles. The molecule has 0 bridgehead atoms. The number of halogens is 1. The summed E-state index contributed by atoms with van der Waals surface area (Å²) in [6.07, 6.45) is 1.12. The molecule has 0 amide bonds. The minimum atomic E-state index is 0. The Morgan fingerprint density at radius 2 is 2.00 bits per heavy atom. The highest BCUT2D eigenvalue weighted by Crippen LogP contribution is 2.16. The number of hydrogen-bond acceptors (Lipinski definition) is 0. The third-order valence-electron chi connectivity index (χ3n) is 1.63. The first-order valence-corrected chi connectivity index (χ1v) is 4.28. The first-order chi connectivity index (χ1) is 4.74. The fourth-order valence-electron chi connectivity index (χ4n) is 0.927. The van der Waals surface area contributed by atoms with Gasteiger partial charge < -0.3 is 0 Å². The molecule has 1 heteroatoms. The summed E-state index contributed by atoms with van der Waals surface area (Å²) in [4.78, 5) is 0. The summed E-state index contributed by atoms with van der Waals surface area (Å²) in [7, 11) is 0. The standard InChI is InChI=1S/C9H11Br.CH4/c1-3-8-4-5-9(10)7(2)6-8;/h4-6H,3H2,1-2H3;1H4. The van der Waals surface area contributed by atoms with Gasteiger partial charge in [0.05, 0.1) is 0 Å². The van der Waals surface area contributed by atoms with E-state index < -0.39 is 0 Å². The van der Waals surface area contributed by atoms with Gasteiger partial charge in [-0.25, -0.2) is 0 Å². The van der Waals surface area contributed by atoms with E-state index in [4.69, 9.17) is 0 Å². The summed E-state index contributed by atoms with van der Waals surface area (Å²) < 4.78 is 1.20. The van der Waals surface area contributed by atoms with Gasteiger partial charge in [0, 0.05) is 4.47 Å². The molecule has 0 N–H and O–H groups in total. The Bertz CT molecular complexity index is 228. The van der Waals surface area contributed by atoms with Gasteiger partial charge in [-0.3, -0.25) is 0 Å². The molecule has 0 aliphatic carbocycles. The lowest BCUT2D eigenvalue weighted by molar-refractivity contribution is 1.13. The Labute approximate surface area is 77.8 Å². The third-order valence-corrected chi connectivity index (χ3v) is 2.52. The monoisotopic (exact) mass is 214 g/mol. The van der Waals surface area contributed by atoms with Crippen LogP contribution in [0, 0.1) is 6.92 Å². The smallest absolute Gasteiger partial charge is 0.0204 e. The highest BCUT2D eigenvalue weighted by molar-refractivity contribution is 9.10. The molecular formula is C10H15Br. The molecule has 62 valence electrons. The van der Waals surface area contributed by atoms with Crippen LogP contribution in [0.2, 0.25) is 0 Å². The summed E-state index contributed by atoms with van der Waals surface area (Å²) in [5.41, 5.74) is 2.72. The van der Waals surface area contributed by atoms with E-state index in [2.05, 4.69) is 48.0 Å². The number of benzene rings is 1. The maximum absolute atomic E-state index is 3.46. The van der Waals surface area contributed by atoms with Gasteiger partial charge in [0.15, 0.2) is 0 Å². The molecule has 0 heterocycles. The predicted octanol–water partition coefficient (Wildman–Crippen LogP) is 3.96. The lowest BCUT2D eigenvalue weighted by Gasteiger charge is -1.99. The number of hydrogen-bond donors (Lipinski definition) is 0. The Balaban J connectivity index is 0.000001000. The van der Waals surface area contributed by atoms with Gasteiger partial charge in [0.1, 0.15) is 0 Å². The van der Waals surface area contributed by atoms with Crippen molar-refractivity contribution in [1.82, 2.24) is 0 Å². The van der Waals surface area contributed by atoms with Crippen molar-refractivity contribution in [3.05, 3.63) is 33.8 Å². The van der Waals surface area contributed by atoms with Crippen molar-refractivity contribution in [3.63, 3.8) is 0 Å². The summed E-state index contributed by atoms with van der Waals surface area (Å²) in [5.74, 6) is 0. The van der Waals surface area contributed by atoms with Crippen LogP contribution >= 0.6 is 15.9 Å². The molecule has 0 fully saturated rings. The van der Waals surface area contributed by atoms with E-state index in [1.165, 1.54) is 15.6 Å². The zero-order valence-electron chi connectivity index (χ0n) is 6.32. The molecule has 0 saturated carbocycles. The zero-order chi connectivity index (χ0) is 7.56. The van der Waals surface area contributed by atoms with Crippen LogP contribution in [-0.4, -0.2) is 0 Å². The van der Waals surface area contributed by atoms with Crippen molar-refractivity contribution in [3.8, 4) is 0 Å². The van der Waals surface area contributed by atoms with E-state index in [1.54, 1.807) is 0 Å². The van der Waals surface area contributed by atoms with Crippen LogP contribution in [0.3, 0.4) is 0 Å². The van der Waals surface area contributed by atoms with Gasteiger partial charge in [-0.2, -0.15) is 0 Å². The van der Waals surface area contributed by atoms with Crippen molar-refractivity contribution in [1.29, 1.82) is 0 Å². The number of rotatable bonds is 1. The lowest BCUT2D eigenvalue weighted by Crippen LogP contribution is -1.81. The second-order valence-electron chi connectivity index (χ2n) is 2.44. The highest BCUT2D eigenvalue weighted by atomic mass is 79.9. The van der Waals surface area contributed by atoms with Gasteiger partial charge >= 0.3 is 0 Å². The van der Waals surface area contributed by atoms with Crippen molar-refractivity contribution in [2.24, 2.45) is 0 Å². The molecule has 11 heavy (non-hydrogen) atoms. The second kappa shape index (κ2) is 4.55. The summed E-state index contributed by atoms with van der Waals surface area (Å²) in [5, 5.41) is 0. The third kappa shape index (κ3) is 2.66. The molecular weight excluding hydrogens is 200 g/mol. The first-order valence-electron chi connectivity index (χ1n) is 3.49. The van der Waals surface area contributed by atoms with E-state index >= 15 is 0 Å². The Morgan fingerprint density at radius 3 is 2.45 bits per heavy atom. The Morgan fingerprint density at radius 1 is 1.36 bits per heavy atom. The van der Waals surface area contributed by atoms with Crippen molar-refractivity contribution >= 4 is 15.9 Å². The fraction of sp³-hybridized carbons (Fsp3) is 0.400. The SMILES string of the molecule is C.CCc1ccc(Br)c(C)c1. The molecule has 0 spiro atoms. The second-order valence-corrected chi connectivity index (χ2v) is 3.29. The maximum Gasteiger partial charge on any atom is 0.0204 e. The van der Waals surface area contributed by atoms with Gasteiger partial charge in [-0.05, 0) is 30.5 Å². The predicted molar refractivity (Wildman–Crippen MR) is 55.0 cm³/mol. The van der Waals surface area contributed by atoms with Crippen LogP contribution in [0.4, 0.5) is 0 Å². The normalized spacial score (nSPS) is 9.00. The van der Waals surface area contributed by atoms with Gasteiger partial charge in [0.25, 0.3) is 0 Å². The first kappa shape index (κ1) is 10.7. The summed E-state index contributed by atoms with van der Waals surface area (Å²) >= 11 is 3.46. The maximum atomic E-state index is 3.46. The molecule has 1 aromatic carbocycles. The summed E-state index contributed by atoms with van der Waals surface area (Å²) in [6.45, 7) is 4.28. The zero-order valence-corrected chi connectivity index (χ0v) is 7.90. The van der Waals surface area contributed by atoms with E-state index in [1.807, 2.05) is 0 Å². The van der Waals surface area contributed by atoms with Crippen molar-refractivity contribution in [2.75, 3.05) is 0 Å². The molecule has 0 atom stereocenters. The van der Waals surface area contributed by atoms with Crippen molar-refractivity contribution in [2.45, 2.75) is 27.7 Å². The van der Waals surface area contributed by atoms with Gasteiger partial charge in [-0.15, -0.1) is 0 Å². The average molecular weight is 215 g/mol. The average Bonchev–Trinajstić information content (AvgIpc) is 1.95. The van der Waals surface area contributed by atoms with Crippen molar-refractivity contribution < 1.29 is 0 Å². The van der Waals surface area contributed by atoms with Crippen LogP contribution in [-0.2, 0) is 6.42 Å².